The van der Waals surface area contributed by atoms with Crippen LogP contribution in [0.2, 0.25) is 0 Å². The summed E-state index contributed by atoms with van der Waals surface area (Å²) in [6, 6.07) is 36.2. The van der Waals surface area contributed by atoms with Gasteiger partial charge in [-0.15, -0.1) is 5.10 Å². The molecule has 1 heterocycles. The van der Waals surface area contributed by atoms with Crippen LogP contribution in [0.15, 0.2) is 115 Å². The van der Waals surface area contributed by atoms with Gasteiger partial charge in [-0.2, -0.15) is 4.68 Å². The van der Waals surface area contributed by atoms with Crippen LogP contribution < -0.4 is 0 Å². The fourth-order valence-electron chi connectivity index (χ4n) is 4.40. The third kappa shape index (κ3) is 3.89. The van der Waals surface area contributed by atoms with Crippen molar-refractivity contribution in [3.05, 3.63) is 132 Å². The molecular weight excluding hydrogens is 434 g/mol. The molecule has 1 aromatic heterocycles. The Morgan fingerprint density at radius 1 is 0.771 bits per heavy atom. The summed E-state index contributed by atoms with van der Waals surface area (Å²) >= 11 is 0. The van der Waals surface area contributed by atoms with Crippen molar-refractivity contribution in [3.8, 4) is 11.8 Å². The Kier molecular flexibility index (Phi) is 6.15. The molecule has 1 atom stereocenters. The predicted octanol–water partition coefficient (Wildman–Crippen LogP) is 5.11. The van der Waals surface area contributed by atoms with Gasteiger partial charge in [0.15, 0.2) is 5.60 Å². The summed E-state index contributed by atoms with van der Waals surface area (Å²) in [6.45, 7) is 2.16. The highest BCUT2D eigenvalue weighted by molar-refractivity contribution is 5.74. The van der Waals surface area contributed by atoms with Gasteiger partial charge in [-0.05, 0) is 48.2 Å². The molecule has 1 unspecified atom stereocenters. The second-order valence-electron chi connectivity index (χ2n) is 8.13. The fraction of sp³-hybridized carbons (Fsp3) is 0.133. The van der Waals surface area contributed by atoms with Gasteiger partial charge in [0.2, 0.25) is 0 Å². The first-order valence-electron chi connectivity index (χ1n) is 11.6. The van der Waals surface area contributed by atoms with Crippen LogP contribution in [0.25, 0.3) is 11.0 Å². The van der Waals surface area contributed by atoms with E-state index in [1.165, 1.54) is 0 Å². The van der Waals surface area contributed by atoms with E-state index in [0.717, 1.165) is 5.56 Å². The van der Waals surface area contributed by atoms with Crippen LogP contribution in [0.3, 0.4) is 0 Å². The number of fused-ring (bicyclic) bond motifs is 1. The molecule has 5 rings (SSSR count). The van der Waals surface area contributed by atoms with Crippen LogP contribution in [0.1, 0.15) is 23.6 Å². The maximum absolute atomic E-state index is 12.9. The Hall–Kier alpha value is -4.24. The summed E-state index contributed by atoms with van der Waals surface area (Å²) in [5.74, 6) is 6.57. The van der Waals surface area contributed by atoms with E-state index in [1.807, 2.05) is 122 Å². The topological polar surface area (TPSA) is 60.2 Å². The summed E-state index contributed by atoms with van der Waals surface area (Å²) in [5, 5.41) is 21.8. The van der Waals surface area contributed by atoms with Crippen molar-refractivity contribution in [2.75, 3.05) is 6.61 Å². The lowest BCUT2D eigenvalue weighted by molar-refractivity contribution is -0.186. The average molecular weight is 460 g/mol. The monoisotopic (exact) mass is 459 g/mol. The van der Waals surface area contributed by atoms with Crippen molar-refractivity contribution in [2.24, 2.45) is 0 Å². The third-order valence-corrected chi connectivity index (χ3v) is 6.03. The first-order chi connectivity index (χ1) is 17.2. The normalized spacial score (nSPS) is 13.1. The van der Waals surface area contributed by atoms with Crippen molar-refractivity contribution in [2.45, 2.75) is 18.2 Å². The minimum absolute atomic E-state index is 0.277. The third-order valence-electron chi connectivity index (χ3n) is 6.03. The van der Waals surface area contributed by atoms with Gasteiger partial charge in [-0.3, -0.25) is 0 Å². The van der Waals surface area contributed by atoms with Gasteiger partial charge in [-0.25, -0.2) is 0 Å². The quantitative estimate of drug-likeness (QED) is 0.359. The molecule has 0 saturated heterocycles. The Balaban J connectivity index is 1.90. The lowest BCUT2D eigenvalue weighted by Crippen LogP contribution is -2.56. The minimum Gasteiger partial charge on any atom is -0.374 e. The molecule has 0 aliphatic rings. The van der Waals surface area contributed by atoms with E-state index >= 15 is 0 Å². The van der Waals surface area contributed by atoms with Gasteiger partial charge in [0.05, 0.1) is 5.52 Å². The number of ether oxygens (including phenoxy) is 1. The summed E-state index contributed by atoms with van der Waals surface area (Å²) in [5.41, 5.74) is 0.0583. The van der Waals surface area contributed by atoms with Crippen LogP contribution in [0.4, 0.5) is 0 Å². The zero-order valence-electron chi connectivity index (χ0n) is 19.4. The molecule has 0 amide bonds. The highest BCUT2D eigenvalue weighted by Crippen LogP contribution is 2.45. The van der Waals surface area contributed by atoms with E-state index in [9.17, 15) is 5.11 Å². The molecule has 172 valence electrons. The maximum atomic E-state index is 12.9. The van der Waals surface area contributed by atoms with Gasteiger partial charge in [-0.1, -0.05) is 102 Å². The highest BCUT2D eigenvalue weighted by atomic mass is 16.5. The molecular formula is C30H25N3O2. The van der Waals surface area contributed by atoms with Gasteiger partial charge in [0, 0.05) is 12.2 Å². The van der Waals surface area contributed by atoms with Gasteiger partial charge in [0.25, 0.3) is 5.72 Å². The van der Waals surface area contributed by atoms with Crippen molar-refractivity contribution < 1.29 is 9.84 Å². The van der Waals surface area contributed by atoms with Gasteiger partial charge < -0.3 is 9.84 Å². The first-order valence-corrected chi connectivity index (χ1v) is 11.6. The second-order valence-corrected chi connectivity index (χ2v) is 8.13. The molecule has 1 N–H and O–H groups in total. The molecule has 35 heavy (non-hydrogen) atoms. The second kappa shape index (κ2) is 9.55. The van der Waals surface area contributed by atoms with E-state index in [2.05, 4.69) is 22.2 Å². The maximum Gasteiger partial charge on any atom is 0.264 e. The van der Waals surface area contributed by atoms with Crippen LogP contribution in [-0.4, -0.2) is 26.7 Å². The zero-order valence-corrected chi connectivity index (χ0v) is 19.4. The highest BCUT2D eigenvalue weighted by Gasteiger charge is 2.56. The lowest BCUT2D eigenvalue weighted by atomic mass is 9.77. The van der Waals surface area contributed by atoms with Crippen molar-refractivity contribution in [1.29, 1.82) is 0 Å². The number of nitrogens with zero attached hydrogens (tertiary/aromatic N) is 3. The molecule has 0 fully saturated rings. The van der Waals surface area contributed by atoms with E-state index in [-0.39, 0.29) is 6.61 Å². The average Bonchev–Trinajstić information content (AvgIpc) is 3.37. The van der Waals surface area contributed by atoms with E-state index in [0.29, 0.717) is 22.2 Å². The number of hydrogen-bond donors (Lipinski definition) is 1. The van der Waals surface area contributed by atoms with E-state index < -0.39 is 11.3 Å². The van der Waals surface area contributed by atoms with Gasteiger partial charge >= 0.3 is 0 Å². The number of benzene rings is 4. The molecule has 0 spiro atoms. The number of rotatable bonds is 6. The van der Waals surface area contributed by atoms with Crippen LogP contribution in [0, 0.1) is 11.8 Å². The Morgan fingerprint density at radius 2 is 1.31 bits per heavy atom. The molecule has 0 radical (unpaired) electrons. The smallest absolute Gasteiger partial charge is 0.264 e. The standard InChI is InChI=1S/C30H25N3O2/c1-2-35-29(23-22-24-14-6-3-7-15-24,33-28-21-13-12-20-27(28)31-32-33)30(34,25-16-8-4-9-17-25)26-18-10-5-11-19-26/h3-21,34H,2H2,1H3. The van der Waals surface area contributed by atoms with E-state index in [1.54, 1.807) is 4.68 Å². The SMILES string of the molecule is CCOC(C#Cc1ccccc1)(n1nnc2ccccc21)C(O)(c1ccccc1)c1ccccc1. The molecule has 5 heteroatoms. The van der Waals surface area contributed by atoms with E-state index in [4.69, 9.17) is 4.74 Å². The van der Waals surface area contributed by atoms with Crippen molar-refractivity contribution in [1.82, 2.24) is 15.0 Å². The number of aromatic nitrogens is 3. The van der Waals surface area contributed by atoms with Crippen molar-refractivity contribution >= 4 is 11.0 Å². The molecule has 5 nitrogen and oxygen atoms in total. The summed E-state index contributed by atoms with van der Waals surface area (Å²) in [4.78, 5) is 0. The number of para-hydroxylation sites is 1. The molecule has 0 bridgehead atoms. The Bertz CT molecular complexity index is 1430. The molecule has 0 aliphatic heterocycles. The fourth-order valence-corrected chi connectivity index (χ4v) is 4.40. The molecule has 0 saturated carbocycles. The lowest BCUT2D eigenvalue weighted by Gasteiger charge is -2.44. The summed E-state index contributed by atoms with van der Waals surface area (Å²) in [7, 11) is 0. The molecule has 0 aliphatic carbocycles. The van der Waals surface area contributed by atoms with Gasteiger partial charge in [0.1, 0.15) is 5.52 Å². The van der Waals surface area contributed by atoms with Crippen molar-refractivity contribution in [3.63, 3.8) is 0 Å². The Labute approximate surface area is 204 Å². The molecule has 5 aromatic rings. The zero-order chi connectivity index (χ0) is 24.1. The summed E-state index contributed by atoms with van der Waals surface area (Å²) < 4.78 is 8.13. The largest absolute Gasteiger partial charge is 0.374 e. The minimum atomic E-state index is -1.73. The summed E-state index contributed by atoms with van der Waals surface area (Å²) in [6.07, 6.45) is 0. The number of aliphatic hydroxyl groups is 1. The van der Waals surface area contributed by atoms with Crippen LogP contribution >= 0.6 is 0 Å². The predicted molar refractivity (Wildman–Crippen MR) is 136 cm³/mol. The van der Waals surface area contributed by atoms with Crippen LogP contribution in [-0.2, 0) is 16.1 Å². The molecule has 4 aromatic carbocycles. The first kappa shape index (κ1) is 22.5. The number of hydrogen-bond acceptors (Lipinski definition) is 4. The Morgan fingerprint density at radius 3 is 1.91 bits per heavy atom. The van der Waals surface area contributed by atoms with Crippen LogP contribution in [0.5, 0.6) is 0 Å².